The average Bonchev–Trinajstić information content (AvgIpc) is 2.29. The number of nitrogens with zero attached hydrogens (tertiary/aromatic N) is 1. The number of carbonyl (C=O) groups excluding carboxylic acids is 2. The molecular weight excluding hydrogens is 1190 g/mol. The first-order chi connectivity index (χ1) is 46.5. The fraction of sp³-hybridized carbons (Fsp3) is 0.859. The summed E-state index contributed by atoms with van der Waals surface area (Å²) in [5.41, 5.74) is 0. The normalized spacial score (nSPS) is 13.3. The molecule has 558 valence electrons. The van der Waals surface area contributed by atoms with Gasteiger partial charge in [0.25, 0.3) is 7.82 Å². The van der Waals surface area contributed by atoms with Crippen LogP contribution in [0.1, 0.15) is 418 Å². The Bertz CT molecular complexity index is 1790. The molecule has 10 heteroatoms. The van der Waals surface area contributed by atoms with E-state index in [1.165, 1.54) is 315 Å². The second-order valence-corrected chi connectivity index (χ2v) is 30.9. The van der Waals surface area contributed by atoms with E-state index in [1.54, 1.807) is 0 Å². The van der Waals surface area contributed by atoms with Crippen LogP contribution >= 0.6 is 7.82 Å². The molecule has 0 heterocycles. The van der Waals surface area contributed by atoms with E-state index in [0.29, 0.717) is 17.4 Å². The highest BCUT2D eigenvalue weighted by atomic mass is 31.2. The minimum Gasteiger partial charge on any atom is -0.756 e. The zero-order valence-corrected chi connectivity index (χ0v) is 64.8. The SMILES string of the molecule is CC/C=C\C/C=C\C/C=C\C/C=C\C/C=C\CCCCCCCCCCCCCCCCCC(=O)OC(COC(=O)CCCCCCCCCCCCCCCCCCCCCCCCCCCCCCCCCCCCCCCCCC)COP(=O)([O-])OCC[N+](C)(C)C. The van der Waals surface area contributed by atoms with Crippen molar-refractivity contribution in [3.8, 4) is 0 Å². The zero-order valence-electron chi connectivity index (χ0n) is 63.9. The third kappa shape index (κ3) is 80.6. The molecule has 0 aromatic heterocycles. The van der Waals surface area contributed by atoms with Crippen LogP contribution in [0.15, 0.2) is 60.8 Å². The van der Waals surface area contributed by atoms with Crippen molar-refractivity contribution in [3.63, 3.8) is 0 Å². The van der Waals surface area contributed by atoms with Gasteiger partial charge in [0.15, 0.2) is 6.10 Å². The van der Waals surface area contributed by atoms with Gasteiger partial charge < -0.3 is 27.9 Å². The Morgan fingerprint density at radius 1 is 0.337 bits per heavy atom. The van der Waals surface area contributed by atoms with Gasteiger partial charge in [0.2, 0.25) is 0 Å². The molecule has 0 aromatic carbocycles. The highest BCUT2D eigenvalue weighted by Gasteiger charge is 2.22. The van der Waals surface area contributed by atoms with Gasteiger partial charge in [-0.1, -0.05) is 408 Å². The van der Waals surface area contributed by atoms with Crippen LogP contribution in [0.4, 0.5) is 0 Å². The predicted octanol–water partition coefficient (Wildman–Crippen LogP) is 27.0. The number of hydrogen-bond acceptors (Lipinski definition) is 8. The van der Waals surface area contributed by atoms with Crippen molar-refractivity contribution < 1.29 is 42.1 Å². The first kappa shape index (κ1) is 92.7. The summed E-state index contributed by atoms with van der Waals surface area (Å²) in [6, 6.07) is 0. The van der Waals surface area contributed by atoms with Gasteiger partial charge >= 0.3 is 11.9 Å². The van der Waals surface area contributed by atoms with Crippen molar-refractivity contribution in [2.75, 3.05) is 47.5 Å². The molecule has 2 atom stereocenters. The average molecular weight is 1360 g/mol. The number of phosphoric ester groups is 1. The quantitative estimate of drug-likeness (QED) is 0.0195. The summed E-state index contributed by atoms with van der Waals surface area (Å²) in [7, 11) is 1.18. The number of hydrogen-bond donors (Lipinski definition) is 0. The second-order valence-electron chi connectivity index (χ2n) is 29.5. The smallest absolute Gasteiger partial charge is 0.306 e. The number of carbonyl (C=O) groups is 2. The number of allylic oxidation sites excluding steroid dienone is 10. The topological polar surface area (TPSA) is 111 Å². The molecule has 0 spiro atoms. The van der Waals surface area contributed by atoms with Gasteiger partial charge in [-0.05, 0) is 57.8 Å². The fourth-order valence-corrected chi connectivity index (χ4v) is 13.2. The van der Waals surface area contributed by atoms with E-state index in [0.717, 1.165) is 70.6 Å². The number of ether oxygens (including phenoxy) is 2. The monoisotopic (exact) mass is 1350 g/mol. The highest BCUT2D eigenvalue weighted by molar-refractivity contribution is 7.45. The number of likely N-dealkylation sites (N-methyl/N-ethyl adjacent to an activating group) is 1. The van der Waals surface area contributed by atoms with Crippen LogP contribution in [-0.2, 0) is 32.7 Å². The van der Waals surface area contributed by atoms with E-state index >= 15 is 0 Å². The molecule has 0 saturated carbocycles. The van der Waals surface area contributed by atoms with Crippen LogP contribution in [0.3, 0.4) is 0 Å². The Morgan fingerprint density at radius 3 is 0.895 bits per heavy atom. The van der Waals surface area contributed by atoms with E-state index in [-0.39, 0.29) is 32.0 Å². The maximum absolute atomic E-state index is 12.9. The van der Waals surface area contributed by atoms with Crippen molar-refractivity contribution in [2.24, 2.45) is 0 Å². The number of esters is 2. The van der Waals surface area contributed by atoms with Crippen molar-refractivity contribution in [1.82, 2.24) is 0 Å². The Balaban J connectivity index is 3.88. The summed E-state index contributed by atoms with van der Waals surface area (Å²) >= 11 is 0. The van der Waals surface area contributed by atoms with Gasteiger partial charge in [0, 0.05) is 12.8 Å². The molecule has 0 aliphatic rings. The van der Waals surface area contributed by atoms with Crippen LogP contribution in [0.5, 0.6) is 0 Å². The van der Waals surface area contributed by atoms with E-state index < -0.39 is 26.5 Å². The van der Waals surface area contributed by atoms with Crippen molar-refractivity contribution in [3.05, 3.63) is 60.8 Å². The molecule has 0 bridgehead atoms. The van der Waals surface area contributed by atoms with Crippen LogP contribution < -0.4 is 4.89 Å². The molecule has 0 rings (SSSR count). The van der Waals surface area contributed by atoms with E-state index in [4.69, 9.17) is 18.5 Å². The molecule has 0 radical (unpaired) electrons. The van der Waals surface area contributed by atoms with Gasteiger partial charge in [-0.25, -0.2) is 0 Å². The summed E-state index contributed by atoms with van der Waals surface area (Å²) in [4.78, 5) is 38.2. The zero-order chi connectivity index (χ0) is 69.0. The number of unbranched alkanes of at least 4 members (excludes halogenated alkanes) is 54. The number of phosphoric acid groups is 1. The molecule has 0 aliphatic carbocycles. The van der Waals surface area contributed by atoms with Crippen LogP contribution in [0.25, 0.3) is 0 Å². The molecule has 9 nitrogen and oxygen atoms in total. The second kappa shape index (κ2) is 75.9. The Labute approximate surface area is 591 Å². The Kier molecular flexibility index (Phi) is 74.1. The van der Waals surface area contributed by atoms with Gasteiger partial charge in [0.1, 0.15) is 19.8 Å². The standard InChI is InChI=1S/C85H160NO8P/c1-6-8-10-12-14-16-18-20-22-24-26-28-30-32-34-36-38-39-40-41-42-43-44-45-46-48-49-51-53-55-57-59-61-63-65-67-69-71-73-75-77-84(87)91-81-83(82-93-95(89,90)92-80-79-86(3,4)5)94-85(88)78-76-74-72-70-68-66-64-62-60-58-56-54-52-50-47-37-35-33-31-29-27-25-23-21-19-17-15-13-11-9-7-2/h9,11,15,17,21,23,27,29,33,35,83H,6-8,10,12-14,16,18-20,22,24-26,28,30-32,34,36-82H2,1-5H3/b11-9-,17-15-,23-21-,29-27-,35-33-. The summed E-state index contributed by atoms with van der Waals surface area (Å²) in [6.45, 7) is 4.20. The van der Waals surface area contributed by atoms with Crippen molar-refractivity contribution in [2.45, 2.75) is 424 Å². The van der Waals surface area contributed by atoms with Gasteiger partial charge in [-0.3, -0.25) is 14.2 Å². The lowest BCUT2D eigenvalue weighted by Crippen LogP contribution is -2.37. The lowest BCUT2D eigenvalue weighted by atomic mass is 10.0. The minimum absolute atomic E-state index is 0.0296. The van der Waals surface area contributed by atoms with E-state index in [2.05, 4.69) is 74.6 Å². The summed E-state index contributed by atoms with van der Waals surface area (Å²) in [6.07, 6.45) is 102. The van der Waals surface area contributed by atoms with E-state index in [1.807, 2.05) is 21.1 Å². The fourth-order valence-electron chi connectivity index (χ4n) is 12.5. The summed E-state index contributed by atoms with van der Waals surface area (Å²) in [5, 5.41) is 0. The Hall–Kier alpha value is -2.29. The summed E-state index contributed by atoms with van der Waals surface area (Å²) in [5.74, 6) is -0.813. The Morgan fingerprint density at radius 2 is 0.600 bits per heavy atom. The molecule has 0 aromatic rings. The van der Waals surface area contributed by atoms with Gasteiger partial charge in [-0.15, -0.1) is 0 Å². The summed E-state index contributed by atoms with van der Waals surface area (Å²) < 4.78 is 34.4. The van der Waals surface area contributed by atoms with Gasteiger partial charge in [0.05, 0.1) is 27.7 Å². The molecule has 2 unspecified atom stereocenters. The van der Waals surface area contributed by atoms with Crippen molar-refractivity contribution >= 4 is 19.8 Å². The molecule has 0 amide bonds. The maximum Gasteiger partial charge on any atom is 0.306 e. The maximum atomic E-state index is 12.9. The lowest BCUT2D eigenvalue weighted by Gasteiger charge is -2.28. The van der Waals surface area contributed by atoms with Gasteiger partial charge in [-0.2, -0.15) is 0 Å². The van der Waals surface area contributed by atoms with Crippen LogP contribution in [0.2, 0.25) is 0 Å². The predicted molar refractivity (Wildman–Crippen MR) is 411 cm³/mol. The van der Waals surface area contributed by atoms with Crippen LogP contribution in [-0.4, -0.2) is 70.0 Å². The van der Waals surface area contributed by atoms with E-state index in [9.17, 15) is 19.0 Å². The lowest BCUT2D eigenvalue weighted by molar-refractivity contribution is -0.870. The molecule has 0 fully saturated rings. The molecule has 0 aliphatic heterocycles. The van der Waals surface area contributed by atoms with Crippen molar-refractivity contribution in [1.29, 1.82) is 0 Å². The largest absolute Gasteiger partial charge is 0.756 e. The first-order valence-corrected chi connectivity index (χ1v) is 43.0. The molecule has 0 saturated heterocycles. The molecule has 0 N–H and O–H groups in total. The molecule has 95 heavy (non-hydrogen) atoms. The molecular formula is C85H160NO8P. The van der Waals surface area contributed by atoms with Crippen LogP contribution in [0, 0.1) is 0 Å². The number of quaternary nitrogens is 1. The third-order valence-corrected chi connectivity index (χ3v) is 19.8. The third-order valence-electron chi connectivity index (χ3n) is 18.8. The minimum atomic E-state index is -4.65. The first-order valence-electron chi connectivity index (χ1n) is 41.5. The number of rotatable bonds is 78. The highest BCUT2D eigenvalue weighted by Crippen LogP contribution is 2.38.